The minimum Gasteiger partial charge on any atom is -0.375 e. The fourth-order valence-corrected chi connectivity index (χ4v) is 4.01. The van der Waals surface area contributed by atoms with Gasteiger partial charge in [0.2, 0.25) is 11.7 Å². The highest BCUT2D eigenvalue weighted by molar-refractivity contribution is 7.08. The Balaban J connectivity index is 1.47. The fraction of sp³-hybridized carbons (Fsp3) is 0.600. The molecule has 1 aliphatic heterocycles. The van der Waals surface area contributed by atoms with Gasteiger partial charge < -0.3 is 9.26 Å². The van der Waals surface area contributed by atoms with Gasteiger partial charge in [0.25, 0.3) is 0 Å². The van der Waals surface area contributed by atoms with Gasteiger partial charge in [-0.1, -0.05) is 18.0 Å². The van der Waals surface area contributed by atoms with E-state index < -0.39 is 0 Å². The molecule has 0 spiro atoms. The van der Waals surface area contributed by atoms with Gasteiger partial charge in [-0.2, -0.15) is 16.3 Å². The number of ether oxygens (including phenoxy) is 1. The first-order valence-electron chi connectivity index (χ1n) is 7.61. The molecular weight excluding hydrogens is 286 g/mol. The van der Waals surface area contributed by atoms with Gasteiger partial charge in [-0.25, -0.2) is 0 Å². The van der Waals surface area contributed by atoms with E-state index in [1.807, 2.05) is 16.8 Å². The maximum absolute atomic E-state index is 5.91. The molecule has 6 heteroatoms. The Morgan fingerprint density at radius 3 is 3.19 bits per heavy atom. The maximum Gasteiger partial charge on any atom is 0.241 e. The van der Waals surface area contributed by atoms with E-state index in [-0.39, 0.29) is 0 Å². The van der Waals surface area contributed by atoms with Crippen LogP contribution in [0.2, 0.25) is 0 Å². The Morgan fingerprint density at radius 2 is 2.29 bits per heavy atom. The predicted molar refractivity (Wildman–Crippen MR) is 80.0 cm³/mol. The first-order valence-corrected chi connectivity index (χ1v) is 8.55. The zero-order valence-corrected chi connectivity index (χ0v) is 12.7. The highest BCUT2D eigenvalue weighted by Gasteiger charge is 2.34. The SMILES string of the molecule is c1cc(-c2noc(CN3CCO[C@H]4CCCC[C@H]43)n2)cs1. The molecule has 1 saturated carbocycles. The minimum absolute atomic E-state index is 0.395. The average Bonchev–Trinajstić information content (AvgIpc) is 3.18. The maximum atomic E-state index is 5.91. The predicted octanol–water partition coefficient (Wildman–Crippen LogP) is 2.94. The van der Waals surface area contributed by atoms with Crippen molar-refractivity contribution in [2.45, 2.75) is 44.4 Å². The number of hydrogen-bond acceptors (Lipinski definition) is 6. The van der Waals surface area contributed by atoms with Gasteiger partial charge in [-0.15, -0.1) is 0 Å². The summed E-state index contributed by atoms with van der Waals surface area (Å²) in [4.78, 5) is 6.99. The molecule has 5 nitrogen and oxygen atoms in total. The number of nitrogens with zero attached hydrogens (tertiary/aromatic N) is 3. The van der Waals surface area contributed by atoms with Gasteiger partial charge in [-0.05, 0) is 24.3 Å². The highest BCUT2D eigenvalue weighted by Crippen LogP contribution is 2.29. The van der Waals surface area contributed by atoms with Crippen LogP contribution in [0.5, 0.6) is 0 Å². The van der Waals surface area contributed by atoms with Gasteiger partial charge in [0.15, 0.2) is 0 Å². The van der Waals surface area contributed by atoms with E-state index in [1.165, 1.54) is 25.7 Å². The van der Waals surface area contributed by atoms with Crippen molar-refractivity contribution in [2.75, 3.05) is 13.2 Å². The summed E-state index contributed by atoms with van der Waals surface area (Å²) in [5, 5.41) is 8.16. The Bertz CT molecular complexity index is 582. The number of hydrogen-bond donors (Lipinski definition) is 0. The minimum atomic E-state index is 0.395. The fourth-order valence-electron chi connectivity index (χ4n) is 3.37. The van der Waals surface area contributed by atoms with Gasteiger partial charge in [-0.3, -0.25) is 4.90 Å². The van der Waals surface area contributed by atoms with Crippen LogP contribution < -0.4 is 0 Å². The lowest BCUT2D eigenvalue weighted by Crippen LogP contribution is -2.52. The molecule has 2 atom stereocenters. The topological polar surface area (TPSA) is 51.4 Å². The van der Waals surface area contributed by atoms with Crippen molar-refractivity contribution in [1.82, 2.24) is 15.0 Å². The summed E-state index contributed by atoms with van der Waals surface area (Å²) in [5.41, 5.74) is 1.03. The van der Waals surface area contributed by atoms with Crippen molar-refractivity contribution in [1.29, 1.82) is 0 Å². The smallest absolute Gasteiger partial charge is 0.241 e. The average molecular weight is 305 g/mol. The van der Waals surface area contributed by atoms with Crippen LogP contribution in [0.15, 0.2) is 21.3 Å². The first kappa shape index (κ1) is 13.4. The monoisotopic (exact) mass is 305 g/mol. The molecule has 0 radical (unpaired) electrons. The molecule has 1 aliphatic carbocycles. The molecule has 3 heterocycles. The molecule has 0 N–H and O–H groups in total. The lowest BCUT2D eigenvalue weighted by atomic mass is 9.90. The van der Waals surface area contributed by atoms with E-state index in [1.54, 1.807) is 11.3 Å². The molecule has 2 aliphatic rings. The second-order valence-electron chi connectivity index (χ2n) is 5.76. The lowest BCUT2D eigenvalue weighted by Gasteiger charge is -2.43. The largest absolute Gasteiger partial charge is 0.375 e. The van der Waals surface area contributed by atoms with E-state index in [9.17, 15) is 0 Å². The van der Waals surface area contributed by atoms with Crippen LogP contribution >= 0.6 is 11.3 Å². The van der Waals surface area contributed by atoms with E-state index in [2.05, 4.69) is 15.0 Å². The van der Waals surface area contributed by atoms with Gasteiger partial charge >= 0.3 is 0 Å². The van der Waals surface area contributed by atoms with Crippen LogP contribution in [0.1, 0.15) is 31.6 Å². The quantitative estimate of drug-likeness (QED) is 0.872. The Morgan fingerprint density at radius 1 is 1.33 bits per heavy atom. The third-order valence-corrected chi connectivity index (χ3v) is 5.12. The molecule has 112 valence electrons. The molecule has 0 amide bonds. The highest BCUT2D eigenvalue weighted by atomic mass is 32.1. The summed E-state index contributed by atoms with van der Waals surface area (Å²) >= 11 is 1.65. The van der Waals surface area contributed by atoms with Crippen LogP contribution in [0, 0.1) is 0 Å². The Kier molecular flexibility index (Phi) is 3.75. The molecule has 2 aromatic rings. The number of rotatable bonds is 3. The number of fused-ring (bicyclic) bond motifs is 1. The normalized spacial score (nSPS) is 26.7. The molecule has 1 saturated heterocycles. The Hall–Kier alpha value is -1.24. The standard InChI is InChI=1S/C15H19N3O2S/c1-2-4-13-12(3-1)18(6-7-19-13)9-14-16-15(17-20-14)11-5-8-21-10-11/h5,8,10,12-13H,1-4,6-7,9H2/t12-,13+/m1/s1. The summed E-state index contributed by atoms with van der Waals surface area (Å²) < 4.78 is 11.3. The van der Waals surface area contributed by atoms with Crippen LogP contribution in [0.25, 0.3) is 11.4 Å². The summed E-state index contributed by atoms with van der Waals surface area (Å²) in [6.45, 7) is 2.51. The summed E-state index contributed by atoms with van der Waals surface area (Å²) in [6, 6.07) is 2.54. The second-order valence-corrected chi connectivity index (χ2v) is 6.54. The van der Waals surface area contributed by atoms with Crippen molar-refractivity contribution in [2.24, 2.45) is 0 Å². The summed E-state index contributed by atoms with van der Waals surface area (Å²) in [5.74, 6) is 1.40. The van der Waals surface area contributed by atoms with Crippen LogP contribution in [-0.4, -0.2) is 40.3 Å². The molecule has 4 rings (SSSR count). The van der Waals surface area contributed by atoms with Crippen molar-refractivity contribution in [3.8, 4) is 11.4 Å². The molecule has 21 heavy (non-hydrogen) atoms. The van der Waals surface area contributed by atoms with Crippen molar-refractivity contribution in [3.05, 3.63) is 22.7 Å². The van der Waals surface area contributed by atoms with E-state index in [0.29, 0.717) is 23.9 Å². The van der Waals surface area contributed by atoms with Crippen molar-refractivity contribution < 1.29 is 9.26 Å². The molecule has 0 aromatic carbocycles. The van der Waals surface area contributed by atoms with E-state index in [0.717, 1.165) is 25.3 Å². The van der Waals surface area contributed by atoms with Gasteiger partial charge in [0, 0.05) is 23.5 Å². The van der Waals surface area contributed by atoms with Crippen molar-refractivity contribution >= 4 is 11.3 Å². The molecule has 2 fully saturated rings. The summed E-state index contributed by atoms with van der Waals surface area (Å²) in [7, 11) is 0. The third kappa shape index (κ3) is 2.75. The van der Waals surface area contributed by atoms with Gasteiger partial charge in [0.1, 0.15) is 0 Å². The second kappa shape index (κ2) is 5.87. The third-order valence-electron chi connectivity index (χ3n) is 4.43. The summed E-state index contributed by atoms with van der Waals surface area (Å²) in [6.07, 6.45) is 5.39. The van der Waals surface area contributed by atoms with Crippen LogP contribution in [-0.2, 0) is 11.3 Å². The zero-order valence-electron chi connectivity index (χ0n) is 11.9. The first-order chi connectivity index (χ1) is 10.4. The Labute approximate surface area is 127 Å². The van der Waals surface area contributed by atoms with Crippen molar-refractivity contribution in [3.63, 3.8) is 0 Å². The number of morpholine rings is 1. The zero-order chi connectivity index (χ0) is 14.1. The molecule has 0 unspecified atom stereocenters. The molecule has 0 bridgehead atoms. The lowest BCUT2D eigenvalue weighted by molar-refractivity contribution is -0.0933. The van der Waals surface area contributed by atoms with Gasteiger partial charge in [0.05, 0.1) is 19.3 Å². The van der Waals surface area contributed by atoms with Crippen LogP contribution in [0.3, 0.4) is 0 Å². The number of thiophene rings is 1. The molecule has 2 aromatic heterocycles. The van der Waals surface area contributed by atoms with Crippen LogP contribution in [0.4, 0.5) is 0 Å². The van der Waals surface area contributed by atoms with E-state index >= 15 is 0 Å². The molecular formula is C15H19N3O2S. The van der Waals surface area contributed by atoms with E-state index in [4.69, 9.17) is 9.26 Å². The number of aromatic nitrogens is 2.